The highest BCUT2D eigenvalue weighted by Crippen LogP contribution is 2.27. The summed E-state index contributed by atoms with van der Waals surface area (Å²) in [6.07, 6.45) is 1.02. The van der Waals surface area contributed by atoms with Crippen LogP contribution >= 0.6 is 0 Å². The van der Waals surface area contributed by atoms with Crippen LogP contribution in [0.2, 0.25) is 0 Å². The molecule has 1 aromatic carbocycles. The van der Waals surface area contributed by atoms with Gasteiger partial charge in [0.1, 0.15) is 11.6 Å². The predicted octanol–water partition coefficient (Wildman–Crippen LogP) is 1.44. The summed E-state index contributed by atoms with van der Waals surface area (Å²) in [5.74, 6) is -0.174. The normalized spacial score (nSPS) is 13.5. The minimum Gasteiger partial charge on any atom is -0.496 e. The standard InChI is InChI=1S/C10H14FNO3S/c1-7(12-16(3,13)14)10-8(11)5-4-6-9(10)15-2/h4-7,12H,1-3H3. The lowest BCUT2D eigenvalue weighted by Gasteiger charge is -2.16. The van der Waals surface area contributed by atoms with Crippen LogP contribution in [0, 0.1) is 5.82 Å². The Morgan fingerprint density at radius 2 is 2.06 bits per heavy atom. The molecule has 0 saturated heterocycles. The van der Waals surface area contributed by atoms with Gasteiger partial charge in [-0.3, -0.25) is 0 Å². The summed E-state index contributed by atoms with van der Waals surface area (Å²) in [5.41, 5.74) is 0.204. The average molecular weight is 247 g/mol. The highest BCUT2D eigenvalue weighted by Gasteiger charge is 2.18. The van der Waals surface area contributed by atoms with Crippen molar-refractivity contribution in [3.05, 3.63) is 29.6 Å². The minimum absolute atomic E-state index is 0.204. The van der Waals surface area contributed by atoms with E-state index in [0.717, 1.165) is 6.26 Å². The molecule has 1 rings (SSSR count). The van der Waals surface area contributed by atoms with E-state index in [-0.39, 0.29) is 5.56 Å². The molecule has 1 N–H and O–H groups in total. The molecule has 0 amide bonds. The fourth-order valence-corrected chi connectivity index (χ4v) is 2.26. The number of hydrogen-bond donors (Lipinski definition) is 1. The lowest BCUT2D eigenvalue weighted by atomic mass is 10.1. The lowest BCUT2D eigenvalue weighted by molar-refractivity contribution is 0.398. The van der Waals surface area contributed by atoms with Gasteiger partial charge in [-0.2, -0.15) is 0 Å². The molecule has 0 bridgehead atoms. The molecule has 1 atom stereocenters. The van der Waals surface area contributed by atoms with Crippen LogP contribution in [0.4, 0.5) is 4.39 Å². The molecule has 0 heterocycles. The molecule has 0 saturated carbocycles. The molecule has 16 heavy (non-hydrogen) atoms. The molecule has 0 aliphatic carbocycles. The van der Waals surface area contributed by atoms with E-state index in [2.05, 4.69) is 4.72 Å². The molecule has 0 fully saturated rings. The SMILES string of the molecule is COc1cccc(F)c1C(C)NS(C)(=O)=O. The van der Waals surface area contributed by atoms with E-state index in [9.17, 15) is 12.8 Å². The second-order valence-electron chi connectivity index (χ2n) is 3.47. The highest BCUT2D eigenvalue weighted by molar-refractivity contribution is 7.88. The Kier molecular flexibility index (Phi) is 3.88. The van der Waals surface area contributed by atoms with Crippen molar-refractivity contribution in [3.8, 4) is 5.75 Å². The highest BCUT2D eigenvalue weighted by atomic mass is 32.2. The minimum atomic E-state index is -3.39. The van der Waals surface area contributed by atoms with Gasteiger partial charge in [-0.05, 0) is 19.1 Å². The van der Waals surface area contributed by atoms with Gasteiger partial charge in [-0.15, -0.1) is 0 Å². The molecule has 0 aliphatic heterocycles. The first-order valence-corrected chi connectivity index (χ1v) is 6.54. The van der Waals surface area contributed by atoms with Gasteiger partial charge in [0, 0.05) is 5.56 Å². The van der Waals surface area contributed by atoms with Crippen molar-refractivity contribution >= 4 is 10.0 Å². The van der Waals surface area contributed by atoms with E-state index in [0.29, 0.717) is 5.75 Å². The molecule has 1 unspecified atom stereocenters. The van der Waals surface area contributed by atoms with Crippen molar-refractivity contribution < 1.29 is 17.5 Å². The van der Waals surface area contributed by atoms with Crippen molar-refractivity contribution in [3.63, 3.8) is 0 Å². The number of rotatable bonds is 4. The van der Waals surface area contributed by atoms with Gasteiger partial charge in [-0.25, -0.2) is 17.5 Å². The van der Waals surface area contributed by atoms with E-state index < -0.39 is 21.9 Å². The van der Waals surface area contributed by atoms with Crippen molar-refractivity contribution in [2.45, 2.75) is 13.0 Å². The molecule has 0 aromatic heterocycles. The Hall–Kier alpha value is -1.14. The van der Waals surface area contributed by atoms with E-state index in [1.165, 1.54) is 19.2 Å². The van der Waals surface area contributed by atoms with Gasteiger partial charge in [-0.1, -0.05) is 6.07 Å². The second kappa shape index (κ2) is 4.80. The molecule has 0 spiro atoms. The fraction of sp³-hybridized carbons (Fsp3) is 0.400. The summed E-state index contributed by atoms with van der Waals surface area (Å²) in [6, 6.07) is 3.67. The van der Waals surface area contributed by atoms with E-state index in [1.54, 1.807) is 13.0 Å². The zero-order chi connectivity index (χ0) is 12.3. The summed E-state index contributed by atoms with van der Waals surface area (Å²) in [4.78, 5) is 0. The quantitative estimate of drug-likeness (QED) is 0.876. The summed E-state index contributed by atoms with van der Waals surface area (Å²) < 4.78 is 42.9. The molecule has 4 nitrogen and oxygen atoms in total. The molecule has 1 aromatic rings. The van der Waals surface area contributed by atoms with Crippen LogP contribution in [0.15, 0.2) is 18.2 Å². The first-order chi connectivity index (χ1) is 7.35. The van der Waals surface area contributed by atoms with E-state index >= 15 is 0 Å². The molecule has 0 aliphatic rings. The topological polar surface area (TPSA) is 55.4 Å². The van der Waals surface area contributed by atoms with Crippen molar-refractivity contribution in [1.82, 2.24) is 4.72 Å². The largest absolute Gasteiger partial charge is 0.496 e. The fourth-order valence-electron chi connectivity index (χ4n) is 1.50. The molecule has 0 radical (unpaired) electrons. The zero-order valence-corrected chi connectivity index (χ0v) is 10.1. The Morgan fingerprint density at radius 1 is 1.44 bits per heavy atom. The third-order valence-electron chi connectivity index (χ3n) is 2.06. The van der Waals surface area contributed by atoms with Crippen molar-refractivity contribution in [1.29, 1.82) is 0 Å². The molecular formula is C10H14FNO3S. The maximum atomic E-state index is 13.5. The van der Waals surface area contributed by atoms with Crippen LogP contribution in [0.25, 0.3) is 0 Å². The van der Waals surface area contributed by atoms with Crippen molar-refractivity contribution in [2.24, 2.45) is 0 Å². The third kappa shape index (κ3) is 3.18. The summed E-state index contributed by atoms with van der Waals surface area (Å²) in [5, 5.41) is 0. The Morgan fingerprint density at radius 3 is 2.56 bits per heavy atom. The van der Waals surface area contributed by atoms with E-state index in [1.807, 2.05) is 0 Å². The maximum absolute atomic E-state index is 13.5. The van der Waals surface area contributed by atoms with Gasteiger partial charge in [0.2, 0.25) is 10.0 Å². The summed E-state index contributed by atoms with van der Waals surface area (Å²) >= 11 is 0. The first kappa shape index (κ1) is 12.9. The third-order valence-corrected chi connectivity index (χ3v) is 2.84. The van der Waals surface area contributed by atoms with Crippen LogP contribution < -0.4 is 9.46 Å². The van der Waals surface area contributed by atoms with Gasteiger partial charge >= 0.3 is 0 Å². The maximum Gasteiger partial charge on any atom is 0.209 e. The summed E-state index contributed by atoms with van der Waals surface area (Å²) in [7, 11) is -1.98. The molecule has 6 heteroatoms. The average Bonchev–Trinajstić information content (AvgIpc) is 2.14. The monoisotopic (exact) mass is 247 g/mol. The van der Waals surface area contributed by atoms with Crippen molar-refractivity contribution in [2.75, 3.05) is 13.4 Å². The number of sulfonamides is 1. The lowest BCUT2D eigenvalue weighted by Crippen LogP contribution is -2.26. The van der Waals surface area contributed by atoms with Crippen LogP contribution in [-0.4, -0.2) is 21.8 Å². The Balaban J connectivity index is 3.12. The van der Waals surface area contributed by atoms with Gasteiger partial charge in [0.05, 0.1) is 19.4 Å². The summed E-state index contributed by atoms with van der Waals surface area (Å²) in [6.45, 7) is 1.56. The zero-order valence-electron chi connectivity index (χ0n) is 9.32. The molecule has 90 valence electrons. The Bertz CT molecular complexity index is 473. The number of nitrogens with one attached hydrogen (secondary N) is 1. The Labute approximate surface area is 94.5 Å². The number of methoxy groups -OCH3 is 1. The number of halogens is 1. The van der Waals surface area contributed by atoms with Gasteiger partial charge < -0.3 is 4.74 Å². The van der Waals surface area contributed by atoms with Crippen LogP contribution in [-0.2, 0) is 10.0 Å². The number of hydrogen-bond acceptors (Lipinski definition) is 3. The first-order valence-electron chi connectivity index (χ1n) is 4.65. The smallest absolute Gasteiger partial charge is 0.209 e. The predicted molar refractivity (Wildman–Crippen MR) is 59.3 cm³/mol. The van der Waals surface area contributed by atoms with Gasteiger partial charge in [0.15, 0.2) is 0 Å². The van der Waals surface area contributed by atoms with E-state index in [4.69, 9.17) is 4.74 Å². The van der Waals surface area contributed by atoms with Crippen LogP contribution in [0.5, 0.6) is 5.75 Å². The van der Waals surface area contributed by atoms with Gasteiger partial charge in [0.25, 0.3) is 0 Å². The number of ether oxygens (including phenoxy) is 1. The molecular weight excluding hydrogens is 233 g/mol. The second-order valence-corrected chi connectivity index (χ2v) is 5.25. The number of benzene rings is 1. The van der Waals surface area contributed by atoms with Crippen LogP contribution in [0.3, 0.4) is 0 Å². The van der Waals surface area contributed by atoms with Crippen LogP contribution in [0.1, 0.15) is 18.5 Å².